The molecule has 2 nitrogen and oxygen atoms in total. The van der Waals surface area contributed by atoms with Gasteiger partial charge in [0, 0.05) is 23.3 Å². The standard InChI is InChI=1S/C19H24N2/c1-18(2)14-8-9-19(3,12-14)17(18)21-15-6-7-16-13(11-15)5-4-10-20-16/h4-7,10-11,14,17,21H,8-9,12H2,1-3H3. The Bertz CT molecular complexity index is 686. The van der Waals surface area contributed by atoms with Crippen LogP contribution in [0.15, 0.2) is 36.5 Å². The normalized spacial score (nSPS) is 33.5. The molecule has 2 saturated carbocycles. The number of fused-ring (bicyclic) bond motifs is 3. The number of anilines is 1. The number of hydrogen-bond acceptors (Lipinski definition) is 2. The van der Waals surface area contributed by atoms with E-state index in [0.717, 1.165) is 11.4 Å². The van der Waals surface area contributed by atoms with E-state index in [2.05, 4.69) is 55.3 Å². The van der Waals surface area contributed by atoms with Gasteiger partial charge < -0.3 is 5.32 Å². The van der Waals surface area contributed by atoms with Crippen molar-refractivity contribution < 1.29 is 0 Å². The molecule has 0 radical (unpaired) electrons. The molecule has 2 fully saturated rings. The van der Waals surface area contributed by atoms with Gasteiger partial charge in [0.2, 0.25) is 0 Å². The smallest absolute Gasteiger partial charge is 0.0703 e. The number of pyridine rings is 1. The van der Waals surface area contributed by atoms with Crippen LogP contribution in [0.4, 0.5) is 5.69 Å². The summed E-state index contributed by atoms with van der Waals surface area (Å²) in [5.41, 5.74) is 3.15. The number of nitrogens with zero attached hydrogens (tertiary/aromatic N) is 1. The molecule has 2 bridgehead atoms. The van der Waals surface area contributed by atoms with Crippen LogP contribution in [0.25, 0.3) is 10.9 Å². The van der Waals surface area contributed by atoms with Crippen molar-refractivity contribution in [2.45, 2.75) is 46.1 Å². The molecule has 0 aliphatic heterocycles. The molecule has 0 saturated heterocycles. The summed E-state index contributed by atoms with van der Waals surface area (Å²) in [6, 6.07) is 11.3. The Morgan fingerprint density at radius 1 is 1.19 bits per heavy atom. The molecule has 2 heteroatoms. The maximum absolute atomic E-state index is 4.41. The minimum atomic E-state index is 0.386. The second kappa shape index (κ2) is 4.22. The van der Waals surface area contributed by atoms with Crippen LogP contribution in [0.5, 0.6) is 0 Å². The number of benzene rings is 1. The number of hydrogen-bond donors (Lipinski definition) is 1. The molecule has 0 spiro atoms. The second-order valence-electron chi connectivity index (χ2n) is 7.90. The molecular formula is C19H24N2. The van der Waals surface area contributed by atoms with Crippen LogP contribution in [-0.4, -0.2) is 11.0 Å². The summed E-state index contributed by atoms with van der Waals surface area (Å²) in [5, 5.41) is 5.08. The van der Waals surface area contributed by atoms with E-state index in [1.807, 2.05) is 12.3 Å². The first-order valence-electron chi connectivity index (χ1n) is 8.10. The summed E-state index contributed by atoms with van der Waals surface area (Å²) in [6.45, 7) is 7.37. The van der Waals surface area contributed by atoms with Gasteiger partial charge in [0.05, 0.1) is 5.52 Å². The summed E-state index contributed by atoms with van der Waals surface area (Å²) in [6.07, 6.45) is 6.01. The summed E-state index contributed by atoms with van der Waals surface area (Å²) in [4.78, 5) is 4.41. The maximum Gasteiger partial charge on any atom is 0.0703 e. The molecule has 3 atom stereocenters. The molecule has 1 aromatic carbocycles. The van der Waals surface area contributed by atoms with Crippen molar-refractivity contribution in [3.8, 4) is 0 Å². The molecular weight excluding hydrogens is 256 g/mol. The monoisotopic (exact) mass is 280 g/mol. The Labute approximate surface area is 127 Å². The lowest BCUT2D eigenvalue weighted by Crippen LogP contribution is -2.45. The summed E-state index contributed by atoms with van der Waals surface area (Å²) in [5.74, 6) is 0.877. The fourth-order valence-corrected chi connectivity index (χ4v) is 4.99. The molecule has 2 aliphatic carbocycles. The van der Waals surface area contributed by atoms with Gasteiger partial charge in [-0.2, -0.15) is 0 Å². The van der Waals surface area contributed by atoms with Crippen LogP contribution in [0.3, 0.4) is 0 Å². The van der Waals surface area contributed by atoms with Gasteiger partial charge in [0.25, 0.3) is 0 Å². The van der Waals surface area contributed by atoms with Gasteiger partial charge in [0.1, 0.15) is 0 Å². The van der Waals surface area contributed by atoms with Crippen molar-refractivity contribution in [2.24, 2.45) is 16.7 Å². The summed E-state index contributed by atoms with van der Waals surface area (Å²) in [7, 11) is 0. The van der Waals surface area contributed by atoms with Crippen LogP contribution in [0.2, 0.25) is 0 Å². The third-order valence-corrected chi connectivity index (χ3v) is 6.18. The molecule has 1 heterocycles. The highest BCUT2D eigenvalue weighted by molar-refractivity contribution is 5.82. The number of aromatic nitrogens is 1. The second-order valence-corrected chi connectivity index (χ2v) is 7.90. The first kappa shape index (κ1) is 13.1. The predicted molar refractivity (Wildman–Crippen MR) is 88.4 cm³/mol. The quantitative estimate of drug-likeness (QED) is 0.849. The van der Waals surface area contributed by atoms with Gasteiger partial charge in [-0.25, -0.2) is 0 Å². The highest BCUT2D eigenvalue weighted by atomic mass is 15.0. The lowest BCUT2D eigenvalue weighted by Gasteiger charge is -2.43. The van der Waals surface area contributed by atoms with Gasteiger partial charge in [-0.05, 0) is 60.3 Å². The van der Waals surface area contributed by atoms with E-state index in [1.165, 1.54) is 30.3 Å². The highest BCUT2D eigenvalue weighted by Gasteiger charge is 2.59. The van der Waals surface area contributed by atoms with E-state index >= 15 is 0 Å². The molecule has 2 aliphatic rings. The Morgan fingerprint density at radius 2 is 2.05 bits per heavy atom. The van der Waals surface area contributed by atoms with E-state index in [9.17, 15) is 0 Å². The number of rotatable bonds is 2. The van der Waals surface area contributed by atoms with Crippen molar-refractivity contribution in [1.82, 2.24) is 4.98 Å². The Balaban J connectivity index is 1.68. The summed E-state index contributed by atoms with van der Waals surface area (Å²) < 4.78 is 0. The predicted octanol–water partition coefficient (Wildman–Crippen LogP) is 4.86. The zero-order chi connectivity index (χ0) is 14.7. The number of nitrogens with one attached hydrogen (secondary N) is 1. The maximum atomic E-state index is 4.41. The fourth-order valence-electron chi connectivity index (χ4n) is 4.99. The van der Waals surface area contributed by atoms with Crippen molar-refractivity contribution >= 4 is 16.6 Å². The van der Waals surface area contributed by atoms with E-state index in [0.29, 0.717) is 16.9 Å². The molecule has 110 valence electrons. The lowest BCUT2D eigenvalue weighted by molar-refractivity contribution is 0.155. The Kier molecular flexibility index (Phi) is 2.64. The zero-order valence-corrected chi connectivity index (χ0v) is 13.2. The third kappa shape index (κ3) is 1.88. The first-order valence-corrected chi connectivity index (χ1v) is 8.10. The third-order valence-electron chi connectivity index (χ3n) is 6.18. The van der Waals surface area contributed by atoms with Crippen molar-refractivity contribution in [1.29, 1.82) is 0 Å². The lowest BCUT2D eigenvalue weighted by atomic mass is 9.68. The van der Waals surface area contributed by atoms with Gasteiger partial charge in [-0.15, -0.1) is 0 Å². The van der Waals surface area contributed by atoms with Crippen LogP contribution >= 0.6 is 0 Å². The SMILES string of the molecule is CC12CCC(C1)C(C)(C)C2Nc1ccc2ncccc2c1. The van der Waals surface area contributed by atoms with Crippen LogP contribution in [0.1, 0.15) is 40.0 Å². The Morgan fingerprint density at radius 3 is 2.81 bits per heavy atom. The van der Waals surface area contributed by atoms with Crippen LogP contribution < -0.4 is 5.32 Å². The van der Waals surface area contributed by atoms with Crippen molar-refractivity contribution in [3.05, 3.63) is 36.5 Å². The van der Waals surface area contributed by atoms with Crippen LogP contribution in [-0.2, 0) is 0 Å². The minimum Gasteiger partial charge on any atom is -0.381 e. The van der Waals surface area contributed by atoms with Gasteiger partial charge in [-0.3, -0.25) is 4.98 Å². The topological polar surface area (TPSA) is 24.9 Å². The molecule has 3 unspecified atom stereocenters. The fraction of sp³-hybridized carbons (Fsp3) is 0.526. The largest absolute Gasteiger partial charge is 0.381 e. The van der Waals surface area contributed by atoms with Crippen molar-refractivity contribution in [3.63, 3.8) is 0 Å². The molecule has 1 aromatic heterocycles. The average Bonchev–Trinajstić information content (AvgIpc) is 2.95. The molecule has 2 aromatic rings. The average molecular weight is 280 g/mol. The molecule has 1 N–H and O–H groups in total. The first-order chi connectivity index (χ1) is 9.99. The zero-order valence-electron chi connectivity index (χ0n) is 13.2. The minimum absolute atomic E-state index is 0.386. The molecule has 21 heavy (non-hydrogen) atoms. The van der Waals surface area contributed by atoms with E-state index in [1.54, 1.807) is 0 Å². The van der Waals surface area contributed by atoms with Gasteiger partial charge in [0.15, 0.2) is 0 Å². The molecule has 4 rings (SSSR count). The van der Waals surface area contributed by atoms with E-state index in [4.69, 9.17) is 0 Å². The Hall–Kier alpha value is -1.57. The highest BCUT2D eigenvalue weighted by Crippen LogP contribution is 2.63. The van der Waals surface area contributed by atoms with Gasteiger partial charge in [-0.1, -0.05) is 26.8 Å². The van der Waals surface area contributed by atoms with Gasteiger partial charge >= 0.3 is 0 Å². The summed E-state index contributed by atoms with van der Waals surface area (Å²) >= 11 is 0. The van der Waals surface area contributed by atoms with Crippen molar-refractivity contribution in [2.75, 3.05) is 5.32 Å². The van der Waals surface area contributed by atoms with Crippen LogP contribution in [0, 0.1) is 16.7 Å². The van der Waals surface area contributed by atoms with E-state index < -0.39 is 0 Å². The molecule has 0 amide bonds. The van der Waals surface area contributed by atoms with E-state index in [-0.39, 0.29) is 0 Å².